The molecule has 10 heteroatoms. The SMILES string of the molecule is CC(C)(Oc1ccc(C#N)cc1C(=O)N1Cc2cn(-c3ccc(F)cc3)nc2C1)C(F)(F)F. The first kappa shape index (κ1) is 22.3. The van der Waals surface area contributed by atoms with Crippen LogP contribution in [0.1, 0.15) is 41.0 Å². The predicted molar refractivity (Wildman–Crippen MR) is 109 cm³/mol. The standard InChI is InChI=1S/C23H18F4N4O2/c1-22(2,23(25,26)27)33-20-8-3-14(10-28)9-18(20)21(32)30-11-15-12-31(29-19(15)13-30)17-6-4-16(24)5-7-17/h3-9,12H,11,13H2,1-2H3. The van der Waals surface area contributed by atoms with Crippen molar-refractivity contribution in [2.75, 3.05) is 0 Å². The third-order valence-electron chi connectivity index (χ3n) is 5.34. The van der Waals surface area contributed by atoms with Gasteiger partial charge < -0.3 is 9.64 Å². The van der Waals surface area contributed by atoms with Crippen molar-refractivity contribution in [3.05, 3.63) is 76.9 Å². The molecule has 0 unspecified atom stereocenters. The maximum atomic E-state index is 13.3. The number of halogens is 4. The van der Waals surface area contributed by atoms with E-state index in [-0.39, 0.29) is 35.8 Å². The van der Waals surface area contributed by atoms with Crippen molar-refractivity contribution in [2.45, 2.75) is 38.7 Å². The summed E-state index contributed by atoms with van der Waals surface area (Å²) in [6, 6.07) is 11.4. The Kier molecular flexibility index (Phi) is 5.36. The Balaban J connectivity index is 1.59. The number of benzene rings is 2. The van der Waals surface area contributed by atoms with Crippen molar-refractivity contribution in [1.29, 1.82) is 5.26 Å². The number of aromatic nitrogens is 2. The quantitative estimate of drug-likeness (QED) is 0.529. The molecule has 4 rings (SSSR count). The van der Waals surface area contributed by atoms with Crippen molar-refractivity contribution in [1.82, 2.24) is 14.7 Å². The van der Waals surface area contributed by atoms with Crippen LogP contribution in [0.3, 0.4) is 0 Å². The number of hydrogen-bond donors (Lipinski definition) is 0. The van der Waals surface area contributed by atoms with Crippen LogP contribution in [-0.4, -0.2) is 32.4 Å². The van der Waals surface area contributed by atoms with E-state index in [0.717, 1.165) is 19.4 Å². The Morgan fingerprint density at radius 1 is 1.12 bits per heavy atom. The third kappa shape index (κ3) is 4.26. The van der Waals surface area contributed by atoms with Gasteiger partial charge in [0.1, 0.15) is 11.6 Å². The van der Waals surface area contributed by atoms with Gasteiger partial charge >= 0.3 is 6.18 Å². The minimum atomic E-state index is -4.67. The lowest BCUT2D eigenvalue weighted by atomic mass is 10.1. The first-order valence-electron chi connectivity index (χ1n) is 9.91. The van der Waals surface area contributed by atoms with Gasteiger partial charge in [-0.2, -0.15) is 23.5 Å². The van der Waals surface area contributed by atoms with Crippen LogP contribution in [0.5, 0.6) is 5.75 Å². The van der Waals surface area contributed by atoms with Crippen LogP contribution in [0.2, 0.25) is 0 Å². The van der Waals surface area contributed by atoms with Gasteiger partial charge in [0.05, 0.1) is 35.1 Å². The second kappa shape index (κ2) is 7.92. The van der Waals surface area contributed by atoms with Gasteiger partial charge in [-0.05, 0) is 56.3 Å². The minimum Gasteiger partial charge on any atom is -0.478 e. The van der Waals surface area contributed by atoms with Crippen molar-refractivity contribution in [3.63, 3.8) is 0 Å². The number of alkyl halides is 3. The van der Waals surface area contributed by atoms with E-state index in [1.165, 1.54) is 35.2 Å². The number of carbonyl (C=O) groups excluding carboxylic acids is 1. The summed E-state index contributed by atoms with van der Waals surface area (Å²) < 4.78 is 59.9. The van der Waals surface area contributed by atoms with Crippen LogP contribution in [-0.2, 0) is 13.1 Å². The highest BCUT2D eigenvalue weighted by Crippen LogP contribution is 2.36. The normalized spacial score (nSPS) is 13.5. The molecule has 0 bridgehead atoms. The highest BCUT2D eigenvalue weighted by atomic mass is 19.4. The van der Waals surface area contributed by atoms with Crippen LogP contribution in [0, 0.1) is 17.1 Å². The maximum Gasteiger partial charge on any atom is 0.427 e. The third-order valence-corrected chi connectivity index (χ3v) is 5.34. The molecule has 0 fully saturated rings. The second-order valence-corrected chi connectivity index (χ2v) is 8.12. The Labute approximate surface area is 186 Å². The van der Waals surface area contributed by atoms with Gasteiger partial charge in [0.25, 0.3) is 5.91 Å². The van der Waals surface area contributed by atoms with Gasteiger partial charge in [-0.3, -0.25) is 4.79 Å². The van der Waals surface area contributed by atoms with Crippen molar-refractivity contribution >= 4 is 5.91 Å². The zero-order valence-corrected chi connectivity index (χ0v) is 17.7. The smallest absolute Gasteiger partial charge is 0.427 e. The van der Waals surface area contributed by atoms with Crippen molar-refractivity contribution in [3.8, 4) is 17.5 Å². The number of hydrogen-bond acceptors (Lipinski definition) is 4. The maximum absolute atomic E-state index is 13.3. The first-order chi connectivity index (χ1) is 15.5. The molecule has 170 valence electrons. The van der Waals surface area contributed by atoms with E-state index in [0.29, 0.717) is 11.4 Å². The van der Waals surface area contributed by atoms with E-state index in [1.54, 1.807) is 23.0 Å². The average molecular weight is 458 g/mol. The van der Waals surface area contributed by atoms with E-state index >= 15 is 0 Å². The molecule has 0 radical (unpaired) electrons. The lowest BCUT2D eigenvalue weighted by Gasteiger charge is -2.30. The highest BCUT2D eigenvalue weighted by Gasteiger charge is 2.50. The fourth-order valence-electron chi connectivity index (χ4n) is 3.38. The van der Waals surface area contributed by atoms with Gasteiger partial charge in [-0.1, -0.05) is 0 Å². The number of carbonyl (C=O) groups is 1. The molecule has 3 aromatic rings. The summed E-state index contributed by atoms with van der Waals surface area (Å²) in [4.78, 5) is 14.6. The number of nitriles is 1. The average Bonchev–Trinajstić information content (AvgIpc) is 3.32. The van der Waals surface area contributed by atoms with Crippen molar-refractivity contribution < 1.29 is 27.1 Å². The molecule has 1 aliphatic heterocycles. The van der Waals surface area contributed by atoms with E-state index in [9.17, 15) is 27.6 Å². The molecule has 2 heterocycles. The van der Waals surface area contributed by atoms with E-state index < -0.39 is 17.7 Å². The summed E-state index contributed by atoms with van der Waals surface area (Å²) in [5.41, 5.74) is -0.545. The summed E-state index contributed by atoms with van der Waals surface area (Å²) in [6.45, 7) is 2.03. The molecule has 33 heavy (non-hydrogen) atoms. The van der Waals surface area contributed by atoms with Crippen molar-refractivity contribution in [2.24, 2.45) is 0 Å². The fourth-order valence-corrected chi connectivity index (χ4v) is 3.38. The second-order valence-electron chi connectivity index (χ2n) is 8.12. The Morgan fingerprint density at radius 2 is 1.82 bits per heavy atom. The Bertz CT molecular complexity index is 1230. The number of ether oxygens (including phenoxy) is 1. The zero-order chi connectivity index (χ0) is 24.0. The van der Waals surface area contributed by atoms with Gasteiger partial charge in [0, 0.05) is 18.3 Å². The molecule has 1 aromatic heterocycles. The largest absolute Gasteiger partial charge is 0.478 e. The van der Waals surface area contributed by atoms with Crippen LogP contribution in [0.25, 0.3) is 5.69 Å². The monoisotopic (exact) mass is 458 g/mol. The summed E-state index contributed by atoms with van der Waals surface area (Å²) in [5, 5.41) is 13.6. The molecule has 1 aliphatic rings. The lowest BCUT2D eigenvalue weighted by Crippen LogP contribution is -2.45. The van der Waals surface area contributed by atoms with Gasteiger partial charge in [-0.15, -0.1) is 0 Å². The molecule has 0 saturated heterocycles. The molecular formula is C23H18F4N4O2. The molecule has 0 saturated carbocycles. The number of amides is 1. The molecule has 6 nitrogen and oxygen atoms in total. The molecule has 0 N–H and O–H groups in total. The van der Waals surface area contributed by atoms with Crippen LogP contribution in [0.4, 0.5) is 17.6 Å². The number of fused-ring (bicyclic) bond motifs is 1. The molecular weight excluding hydrogens is 440 g/mol. The van der Waals surface area contributed by atoms with E-state index in [4.69, 9.17) is 4.74 Å². The summed E-state index contributed by atoms with van der Waals surface area (Å²) in [7, 11) is 0. The van der Waals surface area contributed by atoms with E-state index in [1.807, 2.05) is 6.07 Å². The Hall–Kier alpha value is -3.87. The minimum absolute atomic E-state index is 0.119. The topological polar surface area (TPSA) is 71.2 Å². The number of nitrogens with zero attached hydrogens (tertiary/aromatic N) is 4. The molecule has 0 aliphatic carbocycles. The van der Waals surface area contributed by atoms with Crippen LogP contribution >= 0.6 is 0 Å². The van der Waals surface area contributed by atoms with Gasteiger partial charge in [0.15, 0.2) is 5.60 Å². The fraction of sp³-hybridized carbons (Fsp3) is 0.261. The molecule has 0 atom stereocenters. The zero-order valence-electron chi connectivity index (χ0n) is 17.7. The van der Waals surface area contributed by atoms with Crippen LogP contribution in [0.15, 0.2) is 48.7 Å². The lowest BCUT2D eigenvalue weighted by molar-refractivity contribution is -0.234. The Morgan fingerprint density at radius 3 is 2.42 bits per heavy atom. The number of rotatable bonds is 4. The summed E-state index contributed by atoms with van der Waals surface area (Å²) >= 11 is 0. The van der Waals surface area contributed by atoms with Gasteiger partial charge in [-0.25, -0.2) is 9.07 Å². The van der Waals surface area contributed by atoms with E-state index in [2.05, 4.69) is 5.10 Å². The van der Waals surface area contributed by atoms with Gasteiger partial charge in [0.2, 0.25) is 0 Å². The molecule has 0 spiro atoms. The first-order valence-corrected chi connectivity index (χ1v) is 9.91. The molecule has 1 amide bonds. The summed E-state index contributed by atoms with van der Waals surface area (Å²) in [6.07, 6.45) is -2.96. The molecule has 2 aromatic carbocycles. The summed E-state index contributed by atoms with van der Waals surface area (Å²) in [5.74, 6) is -1.21. The van der Waals surface area contributed by atoms with Crippen LogP contribution < -0.4 is 4.74 Å². The predicted octanol–water partition coefficient (Wildman–Crippen LogP) is 4.76. The highest BCUT2D eigenvalue weighted by molar-refractivity contribution is 5.97.